The summed E-state index contributed by atoms with van der Waals surface area (Å²) in [6.07, 6.45) is 1.29. The monoisotopic (exact) mass is 146 g/mol. The largest absolute Gasteiger partial charge is 0.460 e. The van der Waals surface area contributed by atoms with Crippen LogP contribution in [-0.4, -0.2) is 30.8 Å². The van der Waals surface area contributed by atoms with E-state index in [9.17, 15) is 4.79 Å². The fourth-order valence-electron chi connectivity index (χ4n) is 0.398. The van der Waals surface area contributed by atoms with Crippen molar-refractivity contribution in [2.45, 2.75) is 6.10 Å². The Hall–Kier alpha value is -0.870. The number of hydrogen-bond donors (Lipinski definition) is 0. The van der Waals surface area contributed by atoms with Gasteiger partial charge in [0, 0.05) is 6.08 Å². The summed E-state index contributed by atoms with van der Waals surface area (Å²) in [5, 5.41) is 0. The molecule has 0 aliphatic carbocycles. The van der Waals surface area contributed by atoms with Gasteiger partial charge in [-0.3, -0.25) is 0 Å². The predicted molar refractivity (Wildman–Crippen MR) is 34.5 cm³/mol. The van der Waals surface area contributed by atoms with Gasteiger partial charge in [0.2, 0.25) is 0 Å². The highest BCUT2D eigenvalue weighted by Crippen LogP contribution is 2.08. The van der Waals surface area contributed by atoms with Gasteiger partial charge >= 0.3 is 5.97 Å². The Kier molecular flexibility index (Phi) is 3.68. The molecule has 1 aliphatic rings. The molecule has 2 N–H and O–H groups in total. The number of carbonyl (C=O) groups excluding carboxylic acids is 1. The maximum atomic E-state index is 10.3. The molecule has 0 radical (unpaired) electrons. The lowest BCUT2D eigenvalue weighted by atomic mass is 10.5. The molecule has 1 heterocycles. The highest BCUT2D eigenvalue weighted by molar-refractivity contribution is 5.81. The summed E-state index contributed by atoms with van der Waals surface area (Å²) in [6, 6.07) is 0. The van der Waals surface area contributed by atoms with Crippen LogP contribution in [0, 0.1) is 0 Å². The standard InChI is InChI=1S/C6H8O3.H2O/c1-2-6(7)9-4-5-3-8-5;/h2,5H,1,3-4H2;1H2. The van der Waals surface area contributed by atoms with Crippen LogP contribution in [0.25, 0.3) is 0 Å². The molecular formula is C6H10O4. The summed E-state index contributed by atoms with van der Waals surface area (Å²) in [6.45, 7) is 4.32. The molecule has 0 aromatic rings. The predicted octanol–water partition coefficient (Wildman–Crippen LogP) is -0.710. The zero-order valence-corrected chi connectivity index (χ0v) is 5.50. The summed E-state index contributed by atoms with van der Waals surface area (Å²) in [5.41, 5.74) is 0. The highest BCUT2D eigenvalue weighted by atomic mass is 16.6. The Morgan fingerprint density at radius 3 is 2.90 bits per heavy atom. The first-order valence-electron chi connectivity index (χ1n) is 2.73. The van der Waals surface area contributed by atoms with Gasteiger partial charge in [-0.2, -0.15) is 0 Å². The number of ether oxygens (including phenoxy) is 2. The summed E-state index contributed by atoms with van der Waals surface area (Å²) in [5.74, 6) is -0.384. The summed E-state index contributed by atoms with van der Waals surface area (Å²) < 4.78 is 9.42. The Bertz CT molecular complexity index is 128. The molecule has 58 valence electrons. The molecule has 1 saturated heterocycles. The van der Waals surface area contributed by atoms with E-state index < -0.39 is 0 Å². The van der Waals surface area contributed by atoms with Gasteiger partial charge in [-0.05, 0) is 0 Å². The third-order valence-corrected chi connectivity index (χ3v) is 0.981. The molecule has 0 spiro atoms. The number of hydrogen-bond acceptors (Lipinski definition) is 3. The van der Waals surface area contributed by atoms with Gasteiger partial charge in [0.15, 0.2) is 0 Å². The lowest BCUT2D eigenvalue weighted by Crippen LogP contribution is -2.06. The van der Waals surface area contributed by atoms with E-state index in [0.717, 1.165) is 6.08 Å². The van der Waals surface area contributed by atoms with Crippen LogP contribution in [0.5, 0.6) is 0 Å². The maximum absolute atomic E-state index is 10.3. The van der Waals surface area contributed by atoms with E-state index >= 15 is 0 Å². The average Bonchev–Trinajstić information content (AvgIpc) is 2.65. The first-order chi connectivity index (χ1) is 4.33. The van der Waals surface area contributed by atoms with Gasteiger partial charge in [-0.25, -0.2) is 4.79 Å². The molecule has 0 amide bonds. The number of rotatable bonds is 3. The molecule has 1 unspecified atom stereocenters. The quantitative estimate of drug-likeness (QED) is 0.300. The van der Waals surface area contributed by atoms with E-state index in [4.69, 9.17) is 4.74 Å². The van der Waals surface area contributed by atoms with Gasteiger partial charge in [-0.1, -0.05) is 6.58 Å². The average molecular weight is 146 g/mol. The van der Waals surface area contributed by atoms with Gasteiger partial charge in [-0.15, -0.1) is 0 Å². The molecular weight excluding hydrogens is 136 g/mol. The second-order valence-corrected chi connectivity index (χ2v) is 1.79. The van der Waals surface area contributed by atoms with Crippen molar-refractivity contribution in [2.75, 3.05) is 13.2 Å². The van der Waals surface area contributed by atoms with E-state index in [0.29, 0.717) is 13.2 Å². The Balaban J connectivity index is 0.000000810. The smallest absolute Gasteiger partial charge is 0.330 e. The number of epoxide rings is 1. The van der Waals surface area contributed by atoms with Gasteiger partial charge in [0.1, 0.15) is 12.7 Å². The third kappa shape index (κ3) is 3.21. The number of carbonyl (C=O) groups is 1. The molecule has 1 aliphatic heterocycles. The third-order valence-electron chi connectivity index (χ3n) is 0.981. The molecule has 1 atom stereocenters. The van der Waals surface area contributed by atoms with Crippen molar-refractivity contribution in [1.29, 1.82) is 0 Å². The van der Waals surface area contributed by atoms with Crippen LogP contribution in [0.4, 0.5) is 0 Å². The van der Waals surface area contributed by atoms with Crippen LogP contribution < -0.4 is 0 Å². The van der Waals surface area contributed by atoms with Crippen LogP contribution in [-0.2, 0) is 14.3 Å². The van der Waals surface area contributed by atoms with Crippen molar-refractivity contribution in [2.24, 2.45) is 0 Å². The number of esters is 1. The summed E-state index contributed by atoms with van der Waals surface area (Å²) in [7, 11) is 0. The minimum atomic E-state index is -0.384. The summed E-state index contributed by atoms with van der Waals surface area (Å²) >= 11 is 0. The van der Waals surface area contributed by atoms with Gasteiger partial charge in [0.05, 0.1) is 6.61 Å². The van der Waals surface area contributed by atoms with Crippen LogP contribution >= 0.6 is 0 Å². The molecule has 4 nitrogen and oxygen atoms in total. The SMILES string of the molecule is C=CC(=O)OCC1CO1.O. The van der Waals surface area contributed by atoms with E-state index in [1.54, 1.807) is 0 Å². The molecule has 0 bridgehead atoms. The molecule has 1 fully saturated rings. The van der Waals surface area contributed by atoms with E-state index in [2.05, 4.69) is 11.3 Å². The van der Waals surface area contributed by atoms with Crippen LogP contribution in [0.3, 0.4) is 0 Å². The lowest BCUT2D eigenvalue weighted by Gasteiger charge is -1.94. The topological polar surface area (TPSA) is 70.3 Å². The Morgan fingerprint density at radius 2 is 2.50 bits per heavy atom. The van der Waals surface area contributed by atoms with Gasteiger partial charge in [0.25, 0.3) is 0 Å². The zero-order chi connectivity index (χ0) is 6.69. The Labute approximate surface area is 58.7 Å². The maximum Gasteiger partial charge on any atom is 0.330 e. The first kappa shape index (κ1) is 9.13. The summed E-state index contributed by atoms with van der Waals surface area (Å²) in [4.78, 5) is 10.3. The van der Waals surface area contributed by atoms with E-state index in [-0.39, 0.29) is 17.5 Å². The molecule has 1 rings (SSSR count). The Morgan fingerprint density at radius 1 is 1.90 bits per heavy atom. The van der Waals surface area contributed by atoms with Crippen molar-refractivity contribution in [3.05, 3.63) is 12.7 Å². The van der Waals surface area contributed by atoms with E-state index in [1.165, 1.54) is 0 Å². The fourth-order valence-corrected chi connectivity index (χ4v) is 0.398. The molecule has 10 heavy (non-hydrogen) atoms. The van der Waals surface area contributed by atoms with Crippen molar-refractivity contribution >= 4 is 5.97 Å². The van der Waals surface area contributed by atoms with Crippen molar-refractivity contribution in [3.63, 3.8) is 0 Å². The van der Waals surface area contributed by atoms with Crippen molar-refractivity contribution < 1.29 is 19.7 Å². The molecule has 4 heteroatoms. The first-order valence-corrected chi connectivity index (χ1v) is 2.73. The minimum Gasteiger partial charge on any atom is -0.460 e. The van der Waals surface area contributed by atoms with Crippen molar-refractivity contribution in [3.8, 4) is 0 Å². The molecule has 0 aromatic carbocycles. The van der Waals surface area contributed by atoms with Crippen LogP contribution in [0.2, 0.25) is 0 Å². The van der Waals surface area contributed by atoms with Gasteiger partial charge < -0.3 is 14.9 Å². The zero-order valence-electron chi connectivity index (χ0n) is 5.50. The lowest BCUT2D eigenvalue weighted by molar-refractivity contribution is -0.138. The second-order valence-electron chi connectivity index (χ2n) is 1.79. The van der Waals surface area contributed by atoms with Crippen LogP contribution in [0.15, 0.2) is 12.7 Å². The normalized spacial score (nSPS) is 20.6. The molecule has 0 saturated carbocycles. The molecule has 0 aromatic heterocycles. The highest BCUT2D eigenvalue weighted by Gasteiger charge is 2.23. The van der Waals surface area contributed by atoms with E-state index in [1.807, 2.05) is 0 Å². The second kappa shape index (κ2) is 4.03. The fraction of sp³-hybridized carbons (Fsp3) is 0.500. The minimum absolute atomic E-state index is 0. The van der Waals surface area contributed by atoms with Crippen molar-refractivity contribution in [1.82, 2.24) is 0 Å². The van der Waals surface area contributed by atoms with Crippen LogP contribution in [0.1, 0.15) is 0 Å².